The lowest BCUT2D eigenvalue weighted by Gasteiger charge is -2.24. The van der Waals surface area contributed by atoms with E-state index in [1.807, 2.05) is 0 Å². The van der Waals surface area contributed by atoms with Crippen molar-refractivity contribution in [3.8, 4) is 0 Å². The van der Waals surface area contributed by atoms with Crippen LogP contribution < -0.4 is 10.0 Å². The SMILES string of the molecule is O=C(O)c1cc(S(=O)(=O)NC[C@H]2CCCO2)ccc1NC1CCCCC1. The monoisotopic (exact) mass is 382 g/mol. The zero-order valence-electron chi connectivity index (χ0n) is 14.7. The normalized spacial score (nSPS) is 21.6. The summed E-state index contributed by atoms with van der Waals surface area (Å²) in [5, 5.41) is 12.8. The topological polar surface area (TPSA) is 105 Å². The molecule has 0 radical (unpaired) electrons. The third kappa shape index (κ3) is 4.75. The Labute approximate surface area is 154 Å². The highest BCUT2D eigenvalue weighted by atomic mass is 32.2. The Balaban J connectivity index is 1.74. The van der Waals surface area contributed by atoms with E-state index < -0.39 is 16.0 Å². The molecule has 26 heavy (non-hydrogen) atoms. The fourth-order valence-electron chi connectivity index (χ4n) is 3.55. The maximum Gasteiger partial charge on any atom is 0.337 e. The summed E-state index contributed by atoms with van der Waals surface area (Å²) in [6.45, 7) is 0.851. The van der Waals surface area contributed by atoms with E-state index in [2.05, 4.69) is 10.0 Å². The second kappa shape index (κ2) is 8.37. The molecule has 1 aliphatic heterocycles. The summed E-state index contributed by atoms with van der Waals surface area (Å²) in [7, 11) is -3.77. The molecule has 0 spiro atoms. The van der Waals surface area contributed by atoms with Crippen LogP contribution in [0, 0.1) is 0 Å². The van der Waals surface area contributed by atoms with Crippen LogP contribution in [0.3, 0.4) is 0 Å². The Bertz CT molecular complexity index is 738. The van der Waals surface area contributed by atoms with Gasteiger partial charge in [-0.2, -0.15) is 0 Å². The van der Waals surface area contributed by atoms with Crippen LogP contribution in [0.1, 0.15) is 55.3 Å². The van der Waals surface area contributed by atoms with Crippen LogP contribution in [0.15, 0.2) is 23.1 Å². The molecule has 1 aromatic carbocycles. The first-order valence-electron chi connectivity index (χ1n) is 9.21. The smallest absolute Gasteiger partial charge is 0.337 e. The predicted molar refractivity (Wildman–Crippen MR) is 98.1 cm³/mol. The molecule has 0 aromatic heterocycles. The fraction of sp³-hybridized carbons (Fsp3) is 0.611. The lowest BCUT2D eigenvalue weighted by atomic mass is 9.95. The van der Waals surface area contributed by atoms with Gasteiger partial charge in [0.25, 0.3) is 0 Å². The first-order valence-corrected chi connectivity index (χ1v) is 10.7. The number of aromatic carboxylic acids is 1. The number of benzene rings is 1. The molecule has 0 bridgehead atoms. The molecule has 0 unspecified atom stereocenters. The van der Waals surface area contributed by atoms with E-state index in [9.17, 15) is 18.3 Å². The number of anilines is 1. The number of carboxylic acids is 1. The van der Waals surface area contributed by atoms with Gasteiger partial charge in [-0.15, -0.1) is 0 Å². The second-order valence-corrected chi connectivity index (χ2v) is 8.75. The van der Waals surface area contributed by atoms with Crippen LogP contribution in [0.4, 0.5) is 5.69 Å². The molecule has 1 aliphatic carbocycles. The van der Waals surface area contributed by atoms with E-state index in [0.29, 0.717) is 12.3 Å². The van der Waals surface area contributed by atoms with Gasteiger partial charge < -0.3 is 15.2 Å². The van der Waals surface area contributed by atoms with E-state index >= 15 is 0 Å². The maximum absolute atomic E-state index is 12.5. The van der Waals surface area contributed by atoms with Crippen LogP contribution in [0.25, 0.3) is 0 Å². The van der Waals surface area contributed by atoms with E-state index in [4.69, 9.17) is 4.74 Å². The highest BCUT2D eigenvalue weighted by Crippen LogP contribution is 2.26. The Morgan fingerprint density at radius 3 is 2.58 bits per heavy atom. The molecule has 7 nitrogen and oxygen atoms in total. The predicted octanol–water partition coefficient (Wildman–Crippen LogP) is 2.59. The first kappa shape index (κ1) is 19.1. The molecule has 3 N–H and O–H groups in total. The van der Waals surface area contributed by atoms with Gasteiger partial charge in [0, 0.05) is 24.9 Å². The van der Waals surface area contributed by atoms with Gasteiger partial charge in [0.2, 0.25) is 10.0 Å². The largest absolute Gasteiger partial charge is 0.478 e. The molecule has 1 saturated carbocycles. The number of hydrogen-bond acceptors (Lipinski definition) is 5. The number of carbonyl (C=O) groups is 1. The minimum absolute atomic E-state index is 0.0180. The van der Waals surface area contributed by atoms with E-state index in [1.165, 1.54) is 18.6 Å². The van der Waals surface area contributed by atoms with Crippen LogP contribution in [0.5, 0.6) is 0 Å². The van der Waals surface area contributed by atoms with Crippen LogP contribution in [-0.4, -0.2) is 44.8 Å². The van der Waals surface area contributed by atoms with Gasteiger partial charge in [-0.3, -0.25) is 0 Å². The van der Waals surface area contributed by atoms with Gasteiger partial charge in [-0.05, 0) is 43.9 Å². The molecule has 3 rings (SSSR count). The van der Waals surface area contributed by atoms with Crippen LogP contribution in [-0.2, 0) is 14.8 Å². The van der Waals surface area contributed by atoms with Gasteiger partial charge in [-0.25, -0.2) is 17.9 Å². The maximum atomic E-state index is 12.5. The highest BCUT2D eigenvalue weighted by molar-refractivity contribution is 7.89. The van der Waals surface area contributed by atoms with E-state index in [0.717, 1.165) is 38.5 Å². The van der Waals surface area contributed by atoms with Crippen molar-refractivity contribution in [2.45, 2.75) is 62.0 Å². The van der Waals surface area contributed by atoms with Crippen molar-refractivity contribution in [2.75, 3.05) is 18.5 Å². The quantitative estimate of drug-likeness (QED) is 0.669. The number of hydrogen-bond donors (Lipinski definition) is 3. The third-order valence-corrected chi connectivity index (χ3v) is 6.44. The molecule has 0 amide bonds. The lowest BCUT2D eigenvalue weighted by molar-refractivity contribution is 0.0697. The Morgan fingerprint density at radius 2 is 1.92 bits per heavy atom. The molecule has 8 heteroatoms. The summed E-state index contributed by atoms with van der Waals surface area (Å²) in [6.07, 6.45) is 7.10. The van der Waals surface area contributed by atoms with Crippen molar-refractivity contribution in [2.24, 2.45) is 0 Å². The number of nitrogens with one attached hydrogen (secondary N) is 2. The minimum Gasteiger partial charge on any atom is -0.478 e. The number of carboxylic acid groups (broad SMARTS) is 1. The van der Waals surface area contributed by atoms with Gasteiger partial charge >= 0.3 is 5.97 Å². The van der Waals surface area contributed by atoms with E-state index in [1.54, 1.807) is 6.07 Å². The lowest BCUT2D eigenvalue weighted by Crippen LogP contribution is -2.32. The van der Waals surface area contributed by atoms with Crippen molar-refractivity contribution in [1.29, 1.82) is 0 Å². The molecule has 1 heterocycles. The molecule has 1 saturated heterocycles. The number of sulfonamides is 1. The third-order valence-electron chi connectivity index (χ3n) is 5.02. The highest BCUT2D eigenvalue weighted by Gasteiger charge is 2.23. The summed E-state index contributed by atoms with van der Waals surface area (Å²) in [5.74, 6) is -1.14. The van der Waals surface area contributed by atoms with Crippen molar-refractivity contribution < 1.29 is 23.1 Å². The molecular weight excluding hydrogens is 356 g/mol. The standard InChI is InChI=1S/C18H26N2O5S/c21-18(22)16-11-15(26(23,24)19-12-14-7-4-10-25-14)8-9-17(16)20-13-5-2-1-3-6-13/h8-9,11,13-14,19-20H,1-7,10,12H2,(H,21,22)/t14-/m1/s1. The van der Waals surface area contributed by atoms with Crippen LogP contribution in [0.2, 0.25) is 0 Å². The first-order chi connectivity index (χ1) is 12.5. The molecular formula is C18H26N2O5S. The fourth-order valence-corrected chi connectivity index (χ4v) is 4.64. The number of ether oxygens (including phenoxy) is 1. The summed E-state index contributed by atoms with van der Waals surface area (Å²) in [5.41, 5.74) is 0.457. The summed E-state index contributed by atoms with van der Waals surface area (Å²) >= 11 is 0. The van der Waals surface area contributed by atoms with E-state index in [-0.39, 0.29) is 29.1 Å². The Morgan fingerprint density at radius 1 is 1.15 bits per heavy atom. The van der Waals surface area contributed by atoms with Crippen LogP contribution >= 0.6 is 0 Å². The van der Waals surface area contributed by atoms with Gasteiger partial charge in [0.1, 0.15) is 0 Å². The van der Waals surface area contributed by atoms with Gasteiger partial charge in [0.05, 0.1) is 16.6 Å². The summed E-state index contributed by atoms with van der Waals surface area (Å²) in [6, 6.07) is 4.47. The zero-order valence-corrected chi connectivity index (χ0v) is 15.6. The van der Waals surface area contributed by atoms with Gasteiger partial charge in [0.15, 0.2) is 0 Å². The molecule has 2 aliphatic rings. The second-order valence-electron chi connectivity index (χ2n) is 6.98. The summed E-state index contributed by atoms with van der Waals surface area (Å²) < 4.78 is 32.9. The average molecular weight is 382 g/mol. The van der Waals surface area contributed by atoms with Crippen molar-refractivity contribution in [1.82, 2.24) is 4.72 Å². The minimum atomic E-state index is -3.77. The molecule has 144 valence electrons. The molecule has 2 fully saturated rings. The van der Waals surface area contributed by atoms with Crippen molar-refractivity contribution in [3.63, 3.8) is 0 Å². The Kier molecular flexibility index (Phi) is 6.16. The number of rotatable bonds is 7. The zero-order chi connectivity index (χ0) is 18.6. The van der Waals surface area contributed by atoms with Crippen molar-refractivity contribution >= 4 is 21.7 Å². The Hall–Kier alpha value is -1.64. The average Bonchev–Trinajstić information content (AvgIpc) is 3.14. The molecule has 1 atom stereocenters. The van der Waals surface area contributed by atoms with Crippen molar-refractivity contribution in [3.05, 3.63) is 23.8 Å². The van der Waals surface area contributed by atoms with Gasteiger partial charge in [-0.1, -0.05) is 19.3 Å². The summed E-state index contributed by atoms with van der Waals surface area (Å²) in [4.78, 5) is 11.6. The molecule has 1 aromatic rings.